The lowest BCUT2D eigenvalue weighted by molar-refractivity contribution is -0.110. The van der Waals surface area contributed by atoms with Crippen LogP contribution in [0.3, 0.4) is 0 Å². The maximum Gasteiger partial charge on any atom is 0.323 e. The minimum Gasteiger partial charge on any atom is -0.362 e. The quantitative estimate of drug-likeness (QED) is 0.209. The van der Waals surface area contributed by atoms with Crippen LogP contribution in [0.15, 0.2) is 72.9 Å². The van der Waals surface area contributed by atoms with E-state index in [0.717, 1.165) is 40.3 Å². The number of halogens is 2. The van der Waals surface area contributed by atoms with Crippen molar-refractivity contribution < 1.29 is 18.4 Å². The Morgan fingerprint density at radius 2 is 1.64 bits per heavy atom. The van der Waals surface area contributed by atoms with Gasteiger partial charge in [-0.2, -0.15) is 0 Å². The molecular formula is C27H21F2N5O2. The first-order chi connectivity index (χ1) is 17.4. The molecule has 0 unspecified atom stereocenters. The molecule has 180 valence electrons. The fraction of sp³-hybridized carbons (Fsp3) is 0.0370. The molecule has 0 spiro atoms. The molecule has 9 heteroatoms. The van der Waals surface area contributed by atoms with Gasteiger partial charge >= 0.3 is 6.03 Å². The number of urea groups is 1. The summed E-state index contributed by atoms with van der Waals surface area (Å²) in [5, 5.41) is 11.4. The average molecular weight is 485 g/mol. The number of anilines is 5. The van der Waals surface area contributed by atoms with Crippen LogP contribution in [0.5, 0.6) is 0 Å². The monoisotopic (exact) mass is 485 g/mol. The topological polar surface area (TPSA) is 98.0 Å². The summed E-state index contributed by atoms with van der Waals surface area (Å²) in [5.41, 5.74) is 5.96. The Hall–Kier alpha value is -4.92. The van der Waals surface area contributed by atoms with Gasteiger partial charge in [-0.05, 0) is 67.1 Å². The number of amides is 3. The van der Waals surface area contributed by atoms with Gasteiger partial charge in [0.2, 0.25) is 0 Å². The van der Waals surface area contributed by atoms with Gasteiger partial charge in [-0.1, -0.05) is 12.1 Å². The second-order valence-corrected chi connectivity index (χ2v) is 8.26. The van der Waals surface area contributed by atoms with Crippen molar-refractivity contribution in [3.8, 4) is 0 Å². The molecule has 0 aliphatic carbocycles. The van der Waals surface area contributed by atoms with E-state index in [4.69, 9.17) is 0 Å². The van der Waals surface area contributed by atoms with Gasteiger partial charge in [0.25, 0.3) is 5.91 Å². The third kappa shape index (κ3) is 4.80. The number of fused-ring (bicyclic) bond motifs is 1. The fourth-order valence-corrected chi connectivity index (χ4v) is 3.86. The van der Waals surface area contributed by atoms with Crippen LogP contribution in [-0.2, 0) is 4.79 Å². The lowest BCUT2D eigenvalue weighted by Crippen LogP contribution is -2.19. The predicted molar refractivity (Wildman–Crippen MR) is 137 cm³/mol. The molecule has 7 nitrogen and oxygen atoms in total. The molecule has 0 bridgehead atoms. The zero-order chi connectivity index (χ0) is 25.2. The van der Waals surface area contributed by atoms with Gasteiger partial charge in [-0.3, -0.25) is 4.79 Å². The number of aromatic nitrogens is 1. The van der Waals surface area contributed by atoms with Gasteiger partial charge in [-0.15, -0.1) is 0 Å². The lowest BCUT2D eigenvalue weighted by Gasteiger charge is -2.14. The summed E-state index contributed by atoms with van der Waals surface area (Å²) < 4.78 is 26.5. The zero-order valence-corrected chi connectivity index (χ0v) is 19.1. The number of carbonyl (C=O) groups excluding carboxylic acids is 2. The normalized spacial score (nSPS) is 13.3. The van der Waals surface area contributed by atoms with Crippen LogP contribution in [0, 0.1) is 18.6 Å². The van der Waals surface area contributed by atoms with Crippen LogP contribution < -0.4 is 21.3 Å². The van der Waals surface area contributed by atoms with Gasteiger partial charge in [0, 0.05) is 46.3 Å². The molecule has 5 N–H and O–H groups in total. The number of aromatic amines is 1. The molecule has 1 aliphatic rings. The number of aryl methyl sites for hydroxylation is 1. The van der Waals surface area contributed by atoms with Crippen molar-refractivity contribution in [2.75, 3.05) is 21.3 Å². The van der Waals surface area contributed by atoms with Crippen LogP contribution >= 0.6 is 0 Å². The maximum absolute atomic E-state index is 13.4. The SMILES string of the molecule is Cc1ccc(NC(=O)Nc2ccc(F)c(F)c2)cc1Nc1ccc2c(c1)NC(=O)/C2=C/c1ccc[nH]1. The second-order valence-electron chi connectivity index (χ2n) is 8.26. The summed E-state index contributed by atoms with van der Waals surface area (Å²) in [6.45, 7) is 1.92. The van der Waals surface area contributed by atoms with Crippen LogP contribution in [0.2, 0.25) is 0 Å². The lowest BCUT2D eigenvalue weighted by atomic mass is 10.1. The molecule has 2 heterocycles. The summed E-state index contributed by atoms with van der Waals surface area (Å²) in [5.74, 6) is -2.22. The highest BCUT2D eigenvalue weighted by Gasteiger charge is 2.24. The molecule has 4 aromatic rings. The Kier molecular flexibility index (Phi) is 5.95. The van der Waals surface area contributed by atoms with Gasteiger partial charge in [-0.25, -0.2) is 13.6 Å². The number of rotatable bonds is 5. The third-order valence-corrected chi connectivity index (χ3v) is 5.68. The Bertz CT molecular complexity index is 1510. The van der Waals surface area contributed by atoms with E-state index in [1.165, 1.54) is 6.07 Å². The van der Waals surface area contributed by atoms with Crippen LogP contribution in [0.4, 0.5) is 42.0 Å². The highest BCUT2D eigenvalue weighted by Crippen LogP contribution is 2.36. The van der Waals surface area contributed by atoms with E-state index in [1.807, 2.05) is 43.3 Å². The van der Waals surface area contributed by atoms with Gasteiger partial charge in [0.15, 0.2) is 11.6 Å². The van der Waals surface area contributed by atoms with Crippen LogP contribution in [-0.4, -0.2) is 16.9 Å². The molecule has 0 saturated carbocycles. The summed E-state index contributed by atoms with van der Waals surface area (Å²) >= 11 is 0. The highest BCUT2D eigenvalue weighted by atomic mass is 19.2. The number of benzene rings is 3. The molecule has 3 aromatic carbocycles. The molecule has 0 atom stereocenters. The predicted octanol–water partition coefficient (Wildman–Crippen LogP) is 6.48. The Morgan fingerprint density at radius 3 is 2.39 bits per heavy atom. The smallest absolute Gasteiger partial charge is 0.323 e. The largest absolute Gasteiger partial charge is 0.362 e. The first-order valence-electron chi connectivity index (χ1n) is 11.1. The molecule has 36 heavy (non-hydrogen) atoms. The van der Waals surface area contributed by atoms with Gasteiger partial charge < -0.3 is 26.3 Å². The Balaban J connectivity index is 1.31. The van der Waals surface area contributed by atoms with E-state index < -0.39 is 17.7 Å². The highest BCUT2D eigenvalue weighted by molar-refractivity contribution is 6.35. The number of hydrogen-bond acceptors (Lipinski definition) is 3. The van der Waals surface area contributed by atoms with Crippen molar-refractivity contribution in [2.24, 2.45) is 0 Å². The second kappa shape index (κ2) is 9.38. The van der Waals surface area contributed by atoms with Crippen LogP contribution in [0.1, 0.15) is 16.8 Å². The van der Waals surface area contributed by atoms with E-state index >= 15 is 0 Å². The molecule has 1 aromatic heterocycles. The molecule has 0 saturated heterocycles. The molecule has 0 radical (unpaired) electrons. The van der Waals surface area contributed by atoms with Crippen molar-refractivity contribution in [3.63, 3.8) is 0 Å². The average Bonchev–Trinajstić information content (AvgIpc) is 3.46. The number of carbonyl (C=O) groups is 2. The van der Waals surface area contributed by atoms with E-state index in [0.29, 0.717) is 16.9 Å². The van der Waals surface area contributed by atoms with E-state index in [-0.39, 0.29) is 11.6 Å². The number of hydrogen-bond donors (Lipinski definition) is 5. The first kappa shape index (κ1) is 22.9. The maximum atomic E-state index is 13.4. The van der Waals surface area contributed by atoms with E-state index in [2.05, 4.69) is 26.3 Å². The Morgan fingerprint density at radius 1 is 0.889 bits per heavy atom. The molecular weight excluding hydrogens is 464 g/mol. The van der Waals surface area contributed by atoms with Crippen molar-refractivity contribution in [1.29, 1.82) is 0 Å². The number of nitrogens with one attached hydrogen (secondary N) is 5. The molecule has 0 fully saturated rings. The first-order valence-corrected chi connectivity index (χ1v) is 11.1. The van der Waals surface area contributed by atoms with Gasteiger partial charge in [0.05, 0.1) is 11.3 Å². The van der Waals surface area contributed by atoms with Crippen molar-refractivity contribution >= 4 is 52.0 Å². The van der Waals surface area contributed by atoms with E-state index in [1.54, 1.807) is 24.4 Å². The minimum absolute atomic E-state index is 0.127. The fourth-order valence-electron chi connectivity index (χ4n) is 3.86. The third-order valence-electron chi connectivity index (χ3n) is 5.68. The summed E-state index contributed by atoms with van der Waals surface area (Å²) in [4.78, 5) is 27.9. The van der Waals surface area contributed by atoms with Gasteiger partial charge in [0.1, 0.15) is 0 Å². The summed E-state index contributed by atoms with van der Waals surface area (Å²) in [6.07, 6.45) is 3.60. The Labute approximate surface area is 205 Å². The molecule has 5 rings (SSSR count). The van der Waals surface area contributed by atoms with Crippen molar-refractivity contribution in [3.05, 3.63) is 101 Å². The standard InChI is InChI=1S/C27H21F2N5O2/c1-15-4-5-19(33-27(36)32-17-7-9-22(28)23(29)12-17)13-24(15)31-18-6-8-20-21(11-16-3-2-10-30-16)26(35)34-25(20)14-18/h2-14,30-31H,1H3,(H,34,35)(H2,32,33,36)/b21-11+. The summed E-state index contributed by atoms with van der Waals surface area (Å²) in [6, 6.07) is 17.2. The number of H-pyrrole nitrogens is 1. The van der Waals surface area contributed by atoms with Crippen LogP contribution in [0.25, 0.3) is 11.6 Å². The zero-order valence-electron chi connectivity index (χ0n) is 19.1. The summed E-state index contributed by atoms with van der Waals surface area (Å²) in [7, 11) is 0. The molecule has 1 aliphatic heterocycles. The molecule has 3 amide bonds. The van der Waals surface area contributed by atoms with Crippen molar-refractivity contribution in [1.82, 2.24) is 4.98 Å². The van der Waals surface area contributed by atoms with Crippen molar-refractivity contribution in [2.45, 2.75) is 6.92 Å². The minimum atomic E-state index is -1.05. The van der Waals surface area contributed by atoms with E-state index in [9.17, 15) is 18.4 Å².